The minimum absolute atomic E-state index is 0.120. The number of carbonyl (C=O) groups excluding carboxylic acids is 1. The summed E-state index contributed by atoms with van der Waals surface area (Å²) in [7, 11) is 0. The molecule has 0 radical (unpaired) electrons. The van der Waals surface area contributed by atoms with E-state index < -0.39 is 5.97 Å². The second-order valence-electron chi connectivity index (χ2n) is 3.31. The van der Waals surface area contributed by atoms with E-state index in [2.05, 4.69) is 10.3 Å². The molecule has 2 aromatic rings. The first-order chi connectivity index (χ1) is 7.65. The predicted molar refractivity (Wildman–Crippen MR) is 60.9 cm³/mol. The first kappa shape index (κ1) is 10.6. The molecule has 0 aliphatic rings. The molecular formula is C11H9N2O2S-. The molecule has 0 spiro atoms. The highest BCUT2D eigenvalue weighted by molar-refractivity contribution is 7.17. The number of hydrogen-bond acceptors (Lipinski definition) is 5. The summed E-state index contributed by atoms with van der Waals surface area (Å²) in [5.74, 6) is -1.20. The van der Waals surface area contributed by atoms with Crippen LogP contribution in [0.3, 0.4) is 0 Å². The number of aryl methyl sites for hydroxylation is 1. The van der Waals surface area contributed by atoms with Crippen LogP contribution in [0.5, 0.6) is 0 Å². The monoisotopic (exact) mass is 233 g/mol. The Labute approximate surface area is 96.6 Å². The van der Waals surface area contributed by atoms with E-state index in [0.717, 1.165) is 17.0 Å². The molecule has 0 aliphatic carbocycles. The molecule has 0 aliphatic heterocycles. The Morgan fingerprint density at radius 3 is 2.62 bits per heavy atom. The molecular weight excluding hydrogens is 224 g/mol. The Balaban J connectivity index is 2.14. The molecule has 1 aromatic heterocycles. The third-order valence-corrected chi connectivity index (χ3v) is 2.90. The van der Waals surface area contributed by atoms with Crippen LogP contribution >= 0.6 is 11.3 Å². The molecule has 1 heterocycles. The average molecular weight is 233 g/mol. The normalized spacial score (nSPS) is 10.1. The fourth-order valence-corrected chi connectivity index (χ4v) is 1.86. The number of carbonyl (C=O) groups is 1. The molecule has 2 rings (SSSR count). The third kappa shape index (κ3) is 2.38. The number of hydrogen-bond donors (Lipinski definition) is 1. The van der Waals surface area contributed by atoms with Crippen molar-refractivity contribution in [3.05, 3.63) is 40.9 Å². The van der Waals surface area contributed by atoms with Gasteiger partial charge in [-0.05, 0) is 19.1 Å². The minimum atomic E-state index is -1.20. The maximum Gasteiger partial charge on any atom is 0.187 e. The Kier molecular flexibility index (Phi) is 2.87. The molecule has 0 saturated carbocycles. The highest BCUT2D eigenvalue weighted by Crippen LogP contribution is 2.22. The third-order valence-electron chi connectivity index (χ3n) is 2.01. The van der Waals surface area contributed by atoms with E-state index in [1.165, 1.54) is 11.8 Å². The van der Waals surface area contributed by atoms with Crippen molar-refractivity contribution in [2.45, 2.75) is 6.92 Å². The second-order valence-corrected chi connectivity index (χ2v) is 4.34. The van der Waals surface area contributed by atoms with Crippen LogP contribution in [-0.4, -0.2) is 11.0 Å². The highest BCUT2D eigenvalue weighted by atomic mass is 32.1. The van der Waals surface area contributed by atoms with Crippen LogP contribution in [0.4, 0.5) is 10.8 Å². The summed E-state index contributed by atoms with van der Waals surface area (Å²) in [5.41, 5.74) is 2.05. The summed E-state index contributed by atoms with van der Waals surface area (Å²) in [4.78, 5) is 14.6. The van der Waals surface area contributed by atoms with Gasteiger partial charge in [0.2, 0.25) is 0 Å². The smallest absolute Gasteiger partial charge is 0.187 e. The van der Waals surface area contributed by atoms with E-state index in [4.69, 9.17) is 0 Å². The molecule has 5 heteroatoms. The molecule has 0 amide bonds. The van der Waals surface area contributed by atoms with Crippen LogP contribution in [0, 0.1) is 6.92 Å². The molecule has 0 bridgehead atoms. The van der Waals surface area contributed by atoms with Crippen LogP contribution < -0.4 is 10.4 Å². The summed E-state index contributed by atoms with van der Waals surface area (Å²) >= 11 is 1.06. The lowest BCUT2D eigenvalue weighted by Gasteiger charge is -2.02. The number of rotatable bonds is 3. The van der Waals surface area contributed by atoms with Crippen LogP contribution in [0.15, 0.2) is 30.5 Å². The number of anilines is 2. The summed E-state index contributed by atoms with van der Waals surface area (Å²) in [6.07, 6.45) is 1.29. The molecule has 82 valence electrons. The van der Waals surface area contributed by atoms with Gasteiger partial charge in [0.1, 0.15) is 0 Å². The lowest BCUT2D eigenvalue weighted by atomic mass is 10.2. The number of aromatic nitrogens is 1. The first-order valence-corrected chi connectivity index (χ1v) is 5.47. The van der Waals surface area contributed by atoms with Crippen molar-refractivity contribution in [1.82, 2.24) is 4.98 Å². The first-order valence-electron chi connectivity index (χ1n) is 4.66. The Bertz CT molecular complexity index is 505. The lowest BCUT2D eigenvalue weighted by Crippen LogP contribution is -2.20. The van der Waals surface area contributed by atoms with Gasteiger partial charge in [-0.3, -0.25) is 0 Å². The van der Waals surface area contributed by atoms with E-state index >= 15 is 0 Å². The highest BCUT2D eigenvalue weighted by Gasteiger charge is 2.02. The van der Waals surface area contributed by atoms with Crippen molar-refractivity contribution >= 4 is 28.1 Å². The molecule has 0 saturated heterocycles. The summed E-state index contributed by atoms with van der Waals surface area (Å²) in [6.45, 7) is 2.00. The van der Waals surface area contributed by atoms with Gasteiger partial charge in [0.25, 0.3) is 0 Å². The van der Waals surface area contributed by atoms with E-state index in [1.807, 2.05) is 31.2 Å². The number of aromatic carboxylic acids is 1. The number of thiazole rings is 1. The average Bonchev–Trinajstić information content (AvgIpc) is 2.70. The summed E-state index contributed by atoms with van der Waals surface area (Å²) in [6, 6.07) is 7.76. The van der Waals surface area contributed by atoms with Gasteiger partial charge in [0.05, 0.1) is 10.8 Å². The fourth-order valence-electron chi connectivity index (χ4n) is 1.19. The van der Waals surface area contributed by atoms with Crippen LogP contribution in [0.2, 0.25) is 0 Å². The van der Waals surface area contributed by atoms with E-state index in [1.54, 1.807) is 0 Å². The maximum absolute atomic E-state index is 10.5. The van der Waals surface area contributed by atoms with Gasteiger partial charge in [-0.2, -0.15) is 0 Å². The molecule has 4 nitrogen and oxygen atoms in total. The molecule has 16 heavy (non-hydrogen) atoms. The zero-order valence-electron chi connectivity index (χ0n) is 8.56. The number of carboxylic acid groups (broad SMARTS) is 1. The fraction of sp³-hybridized carbons (Fsp3) is 0.0909. The summed E-state index contributed by atoms with van der Waals surface area (Å²) in [5, 5.41) is 14.1. The minimum Gasteiger partial charge on any atom is -0.544 e. The largest absolute Gasteiger partial charge is 0.544 e. The van der Waals surface area contributed by atoms with E-state index in [9.17, 15) is 9.90 Å². The molecule has 1 N–H and O–H groups in total. The molecule has 0 atom stereocenters. The van der Waals surface area contributed by atoms with Crippen molar-refractivity contribution < 1.29 is 9.90 Å². The summed E-state index contributed by atoms with van der Waals surface area (Å²) < 4.78 is 0. The molecule has 1 aromatic carbocycles. The van der Waals surface area contributed by atoms with Crippen molar-refractivity contribution in [3.8, 4) is 0 Å². The molecule has 0 unspecified atom stereocenters. The van der Waals surface area contributed by atoms with Gasteiger partial charge in [0, 0.05) is 11.9 Å². The number of nitrogens with zero attached hydrogens (tertiary/aromatic N) is 1. The maximum atomic E-state index is 10.5. The van der Waals surface area contributed by atoms with Gasteiger partial charge in [-0.25, -0.2) is 4.98 Å². The van der Waals surface area contributed by atoms with Crippen LogP contribution in [-0.2, 0) is 0 Å². The van der Waals surface area contributed by atoms with Gasteiger partial charge in [-0.15, -0.1) is 0 Å². The van der Waals surface area contributed by atoms with Crippen molar-refractivity contribution in [3.63, 3.8) is 0 Å². The van der Waals surface area contributed by atoms with Gasteiger partial charge in [-0.1, -0.05) is 29.0 Å². The Hall–Kier alpha value is -1.88. The molecule has 0 fully saturated rings. The predicted octanol–water partition coefficient (Wildman–Crippen LogP) is 1.56. The zero-order valence-corrected chi connectivity index (χ0v) is 9.38. The van der Waals surface area contributed by atoms with Gasteiger partial charge < -0.3 is 15.2 Å². The van der Waals surface area contributed by atoms with E-state index in [-0.39, 0.29) is 4.88 Å². The van der Waals surface area contributed by atoms with Crippen LogP contribution in [0.25, 0.3) is 0 Å². The van der Waals surface area contributed by atoms with Crippen molar-refractivity contribution in [2.24, 2.45) is 0 Å². The van der Waals surface area contributed by atoms with Crippen molar-refractivity contribution in [1.29, 1.82) is 0 Å². The number of nitrogens with one attached hydrogen (secondary N) is 1. The van der Waals surface area contributed by atoms with Gasteiger partial charge >= 0.3 is 0 Å². The topological polar surface area (TPSA) is 65.0 Å². The second kappa shape index (κ2) is 4.32. The lowest BCUT2D eigenvalue weighted by molar-refractivity contribution is -0.254. The quantitative estimate of drug-likeness (QED) is 0.873. The number of carboxylic acids is 1. The van der Waals surface area contributed by atoms with Crippen LogP contribution in [0.1, 0.15) is 15.2 Å². The standard InChI is InChI=1S/C11H10N2O2S/c1-7-2-4-8(5-3-7)13-11-12-6-9(16-11)10(14)15/h2-6H,1H3,(H,12,13)(H,14,15)/p-1. The van der Waals surface area contributed by atoms with Crippen molar-refractivity contribution in [2.75, 3.05) is 5.32 Å². The Morgan fingerprint density at radius 1 is 1.38 bits per heavy atom. The zero-order chi connectivity index (χ0) is 11.5. The SMILES string of the molecule is Cc1ccc(Nc2ncc(C(=O)[O-])s2)cc1. The Morgan fingerprint density at radius 2 is 2.06 bits per heavy atom. The number of benzene rings is 1. The van der Waals surface area contributed by atoms with E-state index in [0.29, 0.717) is 5.13 Å². The van der Waals surface area contributed by atoms with Gasteiger partial charge in [0.15, 0.2) is 5.13 Å².